The zero-order valence-corrected chi connectivity index (χ0v) is 40.5. The van der Waals surface area contributed by atoms with Gasteiger partial charge < -0.3 is 25.7 Å². The molecule has 4 unspecified atom stereocenters. The van der Waals surface area contributed by atoms with E-state index in [2.05, 4.69) is 31.3 Å². The molecule has 6 heteroatoms. The van der Waals surface area contributed by atoms with Crippen LogP contribution >= 0.6 is 0 Å². The van der Waals surface area contributed by atoms with Crippen molar-refractivity contribution < 1.29 is 25.2 Å². The Balaban J connectivity index is 3.38. The molecule has 358 valence electrons. The van der Waals surface area contributed by atoms with Crippen LogP contribution in [0.15, 0.2) is 12.2 Å². The molecule has 1 amide bonds. The molecule has 0 aromatic carbocycles. The van der Waals surface area contributed by atoms with Crippen molar-refractivity contribution in [2.24, 2.45) is 0 Å². The summed E-state index contributed by atoms with van der Waals surface area (Å²) in [4.78, 5) is 12.4. The van der Waals surface area contributed by atoms with Crippen molar-refractivity contribution in [3.05, 3.63) is 12.2 Å². The van der Waals surface area contributed by atoms with Crippen LogP contribution in [0.4, 0.5) is 0 Å². The lowest BCUT2D eigenvalue weighted by Crippen LogP contribution is -2.53. The summed E-state index contributed by atoms with van der Waals surface area (Å²) in [5.74, 6) is -0.593. The first-order chi connectivity index (χ1) is 29.5. The Morgan fingerprint density at radius 1 is 0.400 bits per heavy atom. The molecule has 0 fully saturated rings. The van der Waals surface area contributed by atoms with E-state index >= 15 is 0 Å². The zero-order valence-electron chi connectivity index (χ0n) is 40.5. The summed E-state index contributed by atoms with van der Waals surface area (Å²) in [6, 6.07) is -0.995. The van der Waals surface area contributed by atoms with E-state index in [4.69, 9.17) is 0 Å². The van der Waals surface area contributed by atoms with Gasteiger partial charge in [0.1, 0.15) is 12.2 Å². The van der Waals surface area contributed by atoms with E-state index in [1.165, 1.54) is 225 Å². The Morgan fingerprint density at radius 3 is 1.00 bits per heavy atom. The first-order valence-corrected chi connectivity index (χ1v) is 27.1. The van der Waals surface area contributed by atoms with Crippen LogP contribution in [-0.2, 0) is 4.79 Å². The molecule has 4 atom stereocenters. The van der Waals surface area contributed by atoms with Gasteiger partial charge in [0.25, 0.3) is 0 Å². The number of amides is 1. The van der Waals surface area contributed by atoms with E-state index < -0.39 is 36.9 Å². The minimum absolute atomic E-state index is 0.367. The third kappa shape index (κ3) is 42.4. The molecule has 0 radical (unpaired) electrons. The summed E-state index contributed by atoms with van der Waals surface area (Å²) in [6.45, 7) is 3.93. The Hall–Kier alpha value is -0.950. The molecular formula is C54H107NO5. The van der Waals surface area contributed by atoms with Crippen LogP contribution in [0.25, 0.3) is 0 Å². The Kier molecular flexibility index (Phi) is 48.3. The van der Waals surface area contributed by atoms with E-state index in [9.17, 15) is 25.2 Å². The lowest BCUT2D eigenvalue weighted by Gasteiger charge is -2.27. The number of carbonyl (C=O) groups excluding carboxylic acids is 1. The van der Waals surface area contributed by atoms with Crippen LogP contribution in [0.3, 0.4) is 0 Å². The molecule has 0 spiro atoms. The quantitative estimate of drug-likeness (QED) is 0.0309. The smallest absolute Gasteiger partial charge is 0.249 e. The molecule has 0 rings (SSSR count). The van der Waals surface area contributed by atoms with E-state index in [0.717, 1.165) is 38.5 Å². The van der Waals surface area contributed by atoms with Gasteiger partial charge in [0, 0.05) is 0 Å². The van der Waals surface area contributed by atoms with E-state index in [1.54, 1.807) is 0 Å². The second-order valence-electron chi connectivity index (χ2n) is 18.9. The number of aliphatic hydroxyl groups excluding tert-OH is 4. The SMILES string of the molecule is CCC/C=C/CCCC(O)C(O)C(CO)NC(=O)C(O)CCCCCCCCCCCCCCCCCCCCCCCCCCCCCCCCCCCCCCCC. The molecule has 6 nitrogen and oxygen atoms in total. The van der Waals surface area contributed by atoms with Crippen molar-refractivity contribution in [3.63, 3.8) is 0 Å². The average molecular weight is 850 g/mol. The van der Waals surface area contributed by atoms with Crippen molar-refractivity contribution in [1.29, 1.82) is 0 Å². The summed E-state index contributed by atoms with van der Waals surface area (Å²) < 4.78 is 0. The summed E-state index contributed by atoms with van der Waals surface area (Å²) in [5.41, 5.74) is 0. The number of allylic oxidation sites excluding steroid dienone is 2. The third-order valence-electron chi connectivity index (χ3n) is 13.0. The van der Waals surface area contributed by atoms with Gasteiger partial charge in [-0.25, -0.2) is 0 Å². The fraction of sp³-hybridized carbons (Fsp3) is 0.944. The van der Waals surface area contributed by atoms with Crippen molar-refractivity contribution in [2.45, 2.75) is 321 Å². The van der Waals surface area contributed by atoms with Gasteiger partial charge in [-0.2, -0.15) is 0 Å². The highest BCUT2D eigenvalue weighted by Crippen LogP contribution is 2.18. The topological polar surface area (TPSA) is 110 Å². The van der Waals surface area contributed by atoms with Gasteiger partial charge in [0.2, 0.25) is 5.91 Å². The number of hydrogen-bond donors (Lipinski definition) is 5. The van der Waals surface area contributed by atoms with Crippen LogP contribution < -0.4 is 5.32 Å². The van der Waals surface area contributed by atoms with Crippen LogP contribution in [0.2, 0.25) is 0 Å². The summed E-state index contributed by atoms with van der Waals surface area (Å²) in [7, 11) is 0. The zero-order chi connectivity index (χ0) is 43.8. The van der Waals surface area contributed by atoms with Gasteiger partial charge in [-0.1, -0.05) is 276 Å². The fourth-order valence-electron chi connectivity index (χ4n) is 8.71. The van der Waals surface area contributed by atoms with Gasteiger partial charge in [0.05, 0.1) is 18.8 Å². The maximum Gasteiger partial charge on any atom is 0.249 e. The first-order valence-electron chi connectivity index (χ1n) is 27.1. The van der Waals surface area contributed by atoms with Gasteiger partial charge in [-0.15, -0.1) is 0 Å². The Labute approximate surface area is 374 Å². The normalized spacial score (nSPS) is 13.9. The monoisotopic (exact) mass is 850 g/mol. The number of nitrogens with one attached hydrogen (secondary N) is 1. The van der Waals surface area contributed by atoms with Crippen molar-refractivity contribution >= 4 is 5.91 Å². The maximum absolute atomic E-state index is 12.4. The van der Waals surface area contributed by atoms with Crippen LogP contribution in [0.1, 0.15) is 296 Å². The van der Waals surface area contributed by atoms with Crippen LogP contribution in [0, 0.1) is 0 Å². The average Bonchev–Trinajstić information content (AvgIpc) is 3.25. The van der Waals surface area contributed by atoms with Crippen molar-refractivity contribution in [2.75, 3.05) is 6.61 Å². The Bertz CT molecular complexity index is 867. The number of aliphatic hydroxyl groups is 4. The number of rotatable bonds is 50. The summed E-state index contributed by atoms with van der Waals surface area (Å²) >= 11 is 0. The van der Waals surface area contributed by atoms with Gasteiger partial charge >= 0.3 is 0 Å². The molecule has 0 aromatic rings. The predicted molar refractivity (Wildman–Crippen MR) is 261 cm³/mol. The molecule has 0 aromatic heterocycles. The fourth-order valence-corrected chi connectivity index (χ4v) is 8.71. The number of carbonyl (C=O) groups is 1. The molecule has 60 heavy (non-hydrogen) atoms. The largest absolute Gasteiger partial charge is 0.394 e. The molecule has 0 aliphatic rings. The minimum Gasteiger partial charge on any atom is -0.394 e. The van der Waals surface area contributed by atoms with E-state index in [0.29, 0.717) is 19.3 Å². The molecule has 0 heterocycles. The Morgan fingerprint density at radius 2 is 0.700 bits per heavy atom. The molecule has 0 saturated heterocycles. The summed E-state index contributed by atoms with van der Waals surface area (Å²) in [6.07, 6.45) is 57.9. The number of unbranched alkanes of at least 4 members (excludes halogenated alkanes) is 39. The molecule has 0 bridgehead atoms. The van der Waals surface area contributed by atoms with Crippen molar-refractivity contribution in [3.8, 4) is 0 Å². The van der Waals surface area contributed by atoms with E-state index in [1.807, 2.05) is 0 Å². The van der Waals surface area contributed by atoms with Crippen molar-refractivity contribution in [1.82, 2.24) is 5.32 Å². The first kappa shape index (κ1) is 59.0. The van der Waals surface area contributed by atoms with Gasteiger partial charge in [-0.3, -0.25) is 4.79 Å². The third-order valence-corrected chi connectivity index (χ3v) is 13.0. The minimum atomic E-state index is -1.27. The molecule has 0 aliphatic heterocycles. The number of hydrogen-bond acceptors (Lipinski definition) is 5. The molecular weight excluding hydrogens is 743 g/mol. The standard InChI is InChI=1S/C54H107NO5/c1-3-5-7-9-11-12-13-14-15-16-17-18-19-20-21-22-23-24-25-26-27-28-29-30-31-32-33-34-35-36-37-38-39-40-41-42-44-46-48-52(58)54(60)55-50(49-56)53(59)51(57)47-45-43-10-8-6-4-2/h8,10,50-53,56-59H,3-7,9,11-49H2,1-2H3,(H,55,60)/b10-8+. The van der Waals surface area contributed by atoms with Gasteiger partial charge in [0.15, 0.2) is 0 Å². The molecule has 5 N–H and O–H groups in total. The highest BCUT2D eigenvalue weighted by molar-refractivity contribution is 5.80. The summed E-state index contributed by atoms with van der Waals surface area (Å²) in [5, 5.41) is 43.3. The molecule has 0 aliphatic carbocycles. The van der Waals surface area contributed by atoms with Crippen LogP contribution in [0.5, 0.6) is 0 Å². The van der Waals surface area contributed by atoms with Crippen LogP contribution in [-0.4, -0.2) is 57.3 Å². The van der Waals surface area contributed by atoms with E-state index in [-0.39, 0.29) is 0 Å². The highest BCUT2D eigenvalue weighted by Gasteiger charge is 2.28. The molecule has 0 saturated carbocycles. The second kappa shape index (κ2) is 49.1. The van der Waals surface area contributed by atoms with Gasteiger partial charge in [-0.05, 0) is 32.1 Å². The second-order valence-corrected chi connectivity index (χ2v) is 18.9. The lowest BCUT2D eigenvalue weighted by atomic mass is 10.00. The maximum atomic E-state index is 12.4. The predicted octanol–water partition coefficient (Wildman–Crippen LogP) is 15.3. The lowest BCUT2D eigenvalue weighted by molar-refractivity contribution is -0.132. The highest BCUT2D eigenvalue weighted by atomic mass is 16.3.